The number of pyridine rings is 4. The van der Waals surface area contributed by atoms with Gasteiger partial charge in [0.15, 0.2) is 17.3 Å². The fourth-order valence-corrected chi connectivity index (χ4v) is 8.91. The number of aromatic nitrogens is 8. The number of rotatable bonds is 28. The van der Waals surface area contributed by atoms with Crippen LogP contribution in [-0.2, 0) is 59.2 Å². The van der Waals surface area contributed by atoms with Crippen molar-refractivity contribution in [2.75, 3.05) is 51.2 Å². The van der Waals surface area contributed by atoms with Gasteiger partial charge >= 0.3 is 6.18 Å². The van der Waals surface area contributed by atoms with E-state index >= 15 is 0 Å². The number of hydrogen-bond donors (Lipinski definition) is 4. The van der Waals surface area contributed by atoms with Crippen LogP contribution in [0.2, 0.25) is 0 Å². The second-order valence-corrected chi connectivity index (χ2v) is 21.5. The van der Waals surface area contributed by atoms with E-state index in [4.69, 9.17) is 4.74 Å². The van der Waals surface area contributed by atoms with Gasteiger partial charge in [-0.3, -0.25) is 48.7 Å². The molecule has 498 valence electrons. The van der Waals surface area contributed by atoms with Gasteiger partial charge in [0.25, 0.3) is 5.91 Å². The number of nitrogens with one attached hydrogen (secondary N) is 4. The van der Waals surface area contributed by atoms with Gasteiger partial charge < -0.3 is 26.0 Å². The Morgan fingerprint density at radius 2 is 1.02 bits per heavy atom. The van der Waals surface area contributed by atoms with Gasteiger partial charge in [-0.15, -0.1) is 23.5 Å². The molecule has 19 nitrogen and oxygen atoms in total. The summed E-state index contributed by atoms with van der Waals surface area (Å²) in [6.07, 6.45) is 14.1. The van der Waals surface area contributed by atoms with Crippen molar-refractivity contribution in [2.45, 2.75) is 104 Å². The highest BCUT2D eigenvalue weighted by Gasteiger charge is 2.37. The third kappa shape index (κ3) is 36.5. The number of nitrogens with zero attached hydrogens (tertiary/aromatic N) is 8. The third-order valence-electron chi connectivity index (χ3n) is 12.0. The lowest BCUT2D eigenvalue weighted by Crippen LogP contribution is -2.24. The molecule has 0 radical (unpaired) electrons. The van der Waals surface area contributed by atoms with Crippen LogP contribution < -0.4 is 21.3 Å². The van der Waals surface area contributed by atoms with Gasteiger partial charge in [0.1, 0.15) is 17.4 Å². The zero-order valence-electron chi connectivity index (χ0n) is 54.7. The van der Waals surface area contributed by atoms with E-state index in [1.807, 2.05) is 89.2 Å². The maximum Gasteiger partial charge on any atom is 0.434 e. The van der Waals surface area contributed by atoms with Crippen molar-refractivity contribution in [3.8, 4) is 0 Å². The normalized spacial score (nSPS) is 10.1. The summed E-state index contributed by atoms with van der Waals surface area (Å²) >= 11 is 3.11. The van der Waals surface area contributed by atoms with Crippen LogP contribution in [-0.4, -0.2) is 121 Å². The zero-order chi connectivity index (χ0) is 69.7. The van der Waals surface area contributed by atoms with Crippen LogP contribution >= 0.6 is 23.5 Å². The molecule has 0 spiro atoms. The predicted octanol–water partition coefficient (Wildman–Crippen LogP) is 12.6. The van der Waals surface area contributed by atoms with E-state index in [-0.39, 0.29) is 29.3 Å². The molecule has 6 rings (SSSR count). The van der Waals surface area contributed by atoms with Crippen LogP contribution in [0.4, 0.5) is 19.0 Å². The van der Waals surface area contributed by atoms with E-state index in [2.05, 4.69) is 107 Å². The largest absolute Gasteiger partial charge is 0.434 e. The second kappa shape index (κ2) is 46.9. The Labute approximate surface area is 553 Å². The highest BCUT2D eigenvalue weighted by molar-refractivity contribution is 7.99. The van der Waals surface area contributed by atoms with Crippen molar-refractivity contribution in [1.29, 1.82) is 0 Å². The van der Waals surface area contributed by atoms with Crippen molar-refractivity contribution >= 4 is 101 Å². The summed E-state index contributed by atoms with van der Waals surface area (Å²) in [5.41, 5.74) is 9.42. The number of ether oxygens (including phenoxy) is 1. The Bertz CT molecular complexity index is 3440. The fourth-order valence-electron chi connectivity index (χ4n) is 7.32. The molecular weight excluding hydrogens is 1230 g/mol. The summed E-state index contributed by atoms with van der Waals surface area (Å²) in [6.45, 7) is 34.0. The SMILES string of the molecule is C=Cc1cc(C)nc(CCC(=O)CC)c1.C=Cc1cc(C)nc(CCCOCCC(=O)CC)c1.C=Cc1cc(C)nc(CSCC(=O)NC)c1.C=Cc1ccnc(CSCC(=O)NC)c1.C=Cc1ncc(C(=O)NC)c(C(F)(F)F)n1.C=Cc1nccc(NC(C)=O)n1. The maximum atomic E-state index is 12.6. The minimum atomic E-state index is -4.71. The highest BCUT2D eigenvalue weighted by atomic mass is 32.2. The Morgan fingerprint density at radius 1 is 0.548 bits per heavy atom. The summed E-state index contributed by atoms with van der Waals surface area (Å²) < 4.78 is 43.1. The molecule has 0 aliphatic carbocycles. The number of anilines is 1. The number of ketones is 2. The molecule has 93 heavy (non-hydrogen) atoms. The second-order valence-electron chi connectivity index (χ2n) is 19.5. The lowest BCUT2D eigenvalue weighted by Gasteiger charge is -2.10. The number of halogens is 3. The number of amides is 4. The van der Waals surface area contributed by atoms with Crippen LogP contribution in [0.15, 0.2) is 113 Å². The van der Waals surface area contributed by atoms with Gasteiger partial charge in [-0.2, -0.15) is 13.2 Å². The van der Waals surface area contributed by atoms with Gasteiger partial charge in [-0.05, 0) is 129 Å². The first-order chi connectivity index (χ1) is 44.3. The lowest BCUT2D eigenvalue weighted by molar-refractivity contribution is -0.141. The van der Waals surface area contributed by atoms with Crippen LogP contribution in [0.3, 0.4) is 0 Å². The van der Waals surface area contributed by atoms with E-state index in [0.29, 0.717) is 67.8 Å². The Kier molecular flexibility index (Phi) is 41.3. The molecule has 0 aliphatic rings. The van der Waals surface area contributed by atoms with Crippen LogP contribution in [0.5, 0.6) is 0 Å². The van der Waals surface area contributed by atoms with Crippen LogP contribution in [0, 0.1) is 20.8 Å². The monoisotopic (exact) mass is 1320 g/mol. The third-order valence-corrected chi connectivity index (χ3v) is 13.9. The summed E-state index contributed by atoms with van der Waals surface area (Å²) in [6, 6.07) is 17.5. The molecule has 0 atom stereocenters. The number of carbonyl (C=O) groups excluding carboxylic acids is 6. The first-order valence-electron chi connectivity index (χ1n) is 29.4. The quantitative estimate of drug-likeness (QED) is 0.0333. The van der Waals surface area contributed by atoms with Gasteiger partial charge in [0.05, 0.1) is 35.1 Å². The number of Topliss-reactive ketones (excluding diaryl/α,β-unsaturated/α-hetero) is 2. The van der Waals surface area contributed by atoms with E-state index in [0.717, 1.165) is 105 Å². The van der Waals surface area contributed by atoms with Gasteiger partial charge in [0.2, 0.25) is 17.7 Å². The van der Waals surface area contributed by atoms with E-state index in [1.165, 1.54) is 20.0 Å². The topological polar surface area (TPSA) is 263 Å². The molecule has 0 bridgehead atoms. The van der Waals surface area contributed by atoms with Crippen molar-refractivity contribution in [1.82, 2.24) is 55.8 Å². The zero-order valence-corrected chi connectivity index (χ0v) is 56.3. The smallest absolute Gasteiger partial charge is 0.381 e. The first kappa shape index (κ1) is 81.9. The molecule has 4 N–H and O–H groups in total. The molecular formula is C69H87F3N12O7S2. The minimum absolute atomic E-state index is 0.0416. The molecule has 0 saturated carbocycles. The van der Waals surface area contributed by atoms with Gasteiger partial charge in [-0.25, -0.2) is 19.9 Å². The molecule has 0 fully saturated rings. The summed E-state index contributed by atoms with van der Waals surface area (Å²) in [7, 11) is 4.51. The Hall–Kier alpha value is -9.13. The molecule has 0 unspecified atom stereocenters. The van der Waals surface area contributed by atoms with Crippen LogP contribution in [0.25, 0.3) is 36.5 Å². The average Bonchev–Trinajstić information content (AvgIpc) is 2.61. The first-order valence-corrected chi connectivity index (χ1v) is 31.7. The fraction of sp³-hybridized carbons (Fsp3) is 0.333. The van der Waals surface area contributed by atoms with Crippen molar-refractivity contribution in [3.63, 3.8) is 0 Å². The Balaban J connectivity index is 0.000000560. The molecule has 6 aromatic rings. The molecule has 6 heterocycles. The molecule has 6 aromatic heterocycles. The molecule has 24 heteroatoms. The maximum absolute atomic E-state index is 12.6. The van der Waals surface area contributed by atoms with Gasteiger partial charge in [-0.1, -0.05) is 77.6 Å². The molecule has 0 aromatic carbocycles. The molecule has 0 aliphatic heterocycles. The van der Waals surface area contributed by atoms with E-state index < -0.39 is 23.3 Å². The summed E-state index contributed by atoms with van der Waals surface area (Å²) in [5.74, 6) is 2.84. The van der Waals surface area contributed by atoms with Crippen molar-refractivity contribution in [3.05, 3.63) is 198 Å². The van der Waals surface area contributed by atoms with E-state index in [1.54, 1.807) is 68.2 Å². The van der Waals surface area contributed by atoms with Crippen molar-refractivity contribution in [2.24, 2.45) is 0 Å². The van der Waals surface area contributed by atoms with E-state index in [9.17, 15) is 41.9 Å². The lowest BCUT2D eigenvalue weighted by atomic mass is 10.1. The number of carbonyl (C=O) groups is 6. The number of hydrogen-bond acceptors (Lipinski definition) is 17. The van der Waals surface area contributed by atoms with Crippen molar-refractivity contribution < 1.29 is 46.7 Å². The highest BCUT2D eigenvalue weighted by Crippen LogP contribution is 2.30. The summed E-state index contributed by atoms with van der Waals surface area (Å²) in [4.78, 5) is 98.1. The molecule has 4 amide bonds. The minimum Gasteiger partial charge on any atom is -0.381 e. The number of aryl methyl sites for hydroxylation is 5. The predicted molar refractivity (Wildman–Crippen MR) is 372 cm³/mol. The Morgan fingerprint density at radius 3 is 1.51 bits per heavy atom. The van der Waals surface area contributed by atoms with Crippen LogP contribution in [0.1, 0.15) is 143 Å². The van der Waals surface area contributed by atoms with Gasteiger partial charge in [0, 0.05) is 119 Å². The summed E-state index contributed by atoms with van der Waals surface area (Å²) in [5, 5.41) is 9.79. The average molecular weight is 1320 g/mol. The number of thioether (sulfide) groups is 2. The number of alkyl halides is 3. The molecule has 0 saturated heterocycles. The standard InChI is InChI=1S/C16H23NO2.C13H17NO.C12H16N2OS.C11H14N2OS.C9H8F3N3O.C8H9N3O/c1-4-14-11-13(3)17-15(12-14)7-6-9-19-10-8-16(18)5-2;1-4-11-8-10(3)14-12(9-11)6-7-13(15)5-2;1-4-10-5-9(2)14-11(6-10)7-16-8-12(15)13-3;1-3-9-4-5-13-10(6-9)7-15-8-11(14)12-2;1-3-6-14-4-5(8(16)13-2)7(15-6)9(10,11)12;1-3-7-9-5-4-8(11-7)10-6(2)12/h4,11-12H,1,5-10H2,2-3H3;4,8-9H,1,5-7H2,2-3H3;4-6H,1,7-8H2,2-3H3,(H,13,15);3-6H,1,7-8H2,2H3,(H,12,14);3-4H,1H2,2H3,(H,13,16);3-5H,1H2,2H3,(H,9,10,11,12).